The van der Waals surface area contributed by atoms with E-state index < -0.39 is 0 Å². The molecule has 2 heterocycles. The van der Waals surface area contributed by atoms with Crippen LogP contribution in [0.3, 0.4) is 0 Å². The maximum absolute atomic E-state index is 12.7. The van der Waals surface area contributed by atoms with Gasteiger partial charge in [0, 0.05) is 25.7 Å². The minimum atomic E-state index is -0.0461. The van der Waals surface area contributed by atoms with E-state index in [1.54, 1.807) is 0 Å². The topological polar surface area (TPSA) is 53.4 Å². The van der Waals surface area contributed by atoms with Crippen LogP contribution in [0.2, 0.25) is 0 Å². The predicted molar refractivity (Wildman–Crippen MR) is 100 cm³/mol. The summed E-state index contributed by atoms with van der Waals surface area (Å²) >= 11 is 0. The highest BCUT2D eigenvalue weighted by Crippen LogP contribution is 2.24. The maximum Gasteiger partial charge on any atom is 0.322 e. The van der Waals surface area contributed by atoms with E-state index in [9.17, 15) is 4.79 Å². The molecule has 6 heteroatoms. The summed E-state index contributed by atoms with van der Waals surface area (Å²) in [5, 5.41) is 7.69. The van der Waals surface area contributed by atoms with Gasteiger partial charge in [-0.15, -0.1) is 0 Å². The summed E-state index contributed by atoms with van der Waals surface area (Å²) in [4.78, 5) is 16.9. The van der Waals surface area contributed by atoms with Crippen LogP contribution in [-0.4, -0.2) is 58.3 Å². The molecule has 25 heavy (non-hydrogen) atoms. The average Bonchev–Trinajstić information content (AvgIpc) is 2.83. The van der Waals surface area contributed by atoms with E-state index in [-0.39, 0.29) is 12.1 Å². The third-order valence-corrected chi connectivity index (χ3v) is 4.89. The molecule has 0 aliphatic carbocycles. The number of aryl methyl sites for hydroxylation is 2. The van der Waals surface area contributed by atoms with Crippen molar-refractivity contribution in [1.29, 1.82) is 0 Å². The molecule has 1 N–H and O–H groups in total. The Morgan fingerprint density at radius 1 is 1.16 bits per heavy atom. The van der Waals surface area contributed by atoms with E-state index in [4.69, 9.17) is 0 Å². The number of nitrogens with one attached hydrogen (secondary N) is 1. The van der Waals surface area contributed by atoms with Gasteiger partial charge in [-0.1, -0.05) is 17.7 Å². The summed E-state index contributed by atoms with van der Waals surface area (Å²) in [5.41, 5.74) is 4.78. The number of likely N-dealkylation sites (N-methyl/N-ethyl adjacent to an activating group) is 1. The van der Waals surface area contributed by atoms with Crippen molar-refractivity contribution in [1.82, 2.24) is 19.6 Å². The van der Waals surface area contributed by atoms with E-state index in [1.807, 2.05) is 35.6 Å². The van der Waals surface area contributed by atoms with Crippen molar-refractivity contribution in [3.05, 3.63) is 41.2 Å². The molecule has 0 bridgehead atoms. The second-order valence-electron chi connectivity index (χ2n) is 7.03. The Morgan fingerprint density at radius 3 is 2.48 bits per heavy atom. The fourth-order valence-corrected chi connectivity index (χ4v) is 3.38. The van der Waals surface area contributed by atoms with Crippen molar-refractivity contribution in [3.8, 4) is 5.69 Å². The van der Waals surface area contributed by atoms with Gasteiger partial charge < -0.3 is 15.1 Å². The molecule has 1 atom stereocenters. The summed E-state index contributed by atoms with van der Waals surface area (Å²) < 4.78 is 1.89. The number of piperazine rings is 1. The van der Waals surface area contributed by atoms with Gasteiger partial charge in [-0.3, -0.25) is 0 Å². The van der Waals surface area contributed by atoms with Crippen LogP contribution in [0.5, 0.6) is 0 Å². The third-order valence-electron chi connectivity index (χ3n) is 4.89. The number of benzene rings is 1. The zero-order chi connectivity index (χ0) is 18.1. The second kappa shape index (κ2) is 6.88. The van der Waals surface area contributed by atoms with Gasteiger partial charge in [0.15, 0.2) is 0 Å². The van der Waals surface area contributed by atoms with E-state index in [0.717, 1.165) is 42.4 Å². The first kappa shape index (κ1) is 17.5. The highest BCUT2D eigenvalue weighted by molar-refractivity contribution is 5.91. The largest absolute Gasteiger partial charge is 0.322 e. The van der Waals surface area contributed by atoms with Gasteiger partial charge in [0.25, 0.3) is 0 Å². The summed E-state index contributed by atoms with van der Waals surface area (Å²) in [6, 6.07) is 8.37. The molecule has 1 aromatic heterocycles. The Kier molecular flexibility index (Phi) is 4.81. The lowest BCUT2D eigenvalue weighted by Gasteiger charge is -2.38. The smallest absolute Gasteiger partial charge is 0.319 e. The summed E-state index contributed by atoms with van der Waals surface area (Å²) in [6.07, 6.45) is 0. The Labute approximate surface area is 149 Å². The van der Waals surface area contributed by atoms with Crippen LogP contribution in [0.4, 0.5) is 10.5 Å². The standard InChI is InChI=1S/C19H27N5O/c1-13-6-8-17(9-7-13)24-16(4)18(15(3)21-24)20-19(25)23-11-10-22(5)12-14(23)2/h6-9,14H,10-12H2,1-5H3,(H,20,25)/t14-/m0/s1. The zero-order valence-electron chi connectivity index (χ0n) is 15.7. The highest BCUT2D eigenvalue weighted by atomic mass is 16.2. The van der Waals surface area contributed by atoms with Crippen LogP contribution in [0.25, 0.3) is 5.69 Å². The molecule has 134 valence electrons. The van der Waals surface area contributed by atoms with E-state index in [2.05, 4.69) is 48.3 Å². The van der Waals surface area contributed by atoms with Gasteiger partial charge in [0.05, 0.1) is 22.8 Å². The summed E-state index contributed by atoms with van der Waals surface area (Å²) in [7, 11) is 2.09. The molecule has 1 aromatic carbocycles. The van der Waals surface area contributed by atoms with Crippen LogP contribution < -0.4 is 5.32 Å². The van der Waals surface area contributed by atoms with Crippen molar-refractivity contribution in [2.24, 2.45) is 0 Å². The molecule has 2 aromatic rings. The molecule has 0 unspecified atom stereocenters. The molecule has 1 aliphatic heterocycles. The predicted octanol–water partition coefficient (Wildman–Crippen LogP) is 2.97. The minimum Gasteiger partial charge on any atom is -0.319 e. The molecular formula is C19H27N5O. The van der Waals surface area contributed by atoms with Crippen molar-refractivity contribution in [3.63, 3.8) is 0 Å². The lowest BCUT2D eigenvalue weighted by molar-refractivity contribution is 0.125. The number of carbonyl (C=O) groups is 1. The molecule has 2 amide bonds. The van der Waals surface area contributed by atoms with Crippen LogP contribution >= 0.6 is 0 Å². The average molecular weight is 341 g/mol. The zero-order valence-corrected chi connectivity index (χ0v) is 15.7. The third kappa shape index (κ3) is 3.54. The van der Waals surface area contributed by atoms with Crippen molar-refractivity contribution in [2.45, 2.75) is 33.7 Å². The van der Waals surface area contributed by atoms with Crippen molar-refractivity contribution < 1.29 is 4.79 Å². The van der Waals surface area contributed by atoms with Crippen molar-refractivity contribution in [2.75, 3.05) is 32.0 Å². The highest BCUT2D eigenvalue weighted by Gasteiger charge is 2.27. The van der Waals surface area contributed by atoms with Gasteiger partial charge in [-0.05, 0) is 46.9 Å². The number of hydrogen-bond acceptors (Lipinski definition) is 3. The number of amides is 2. The molecule has 0 spiro atoms. The van der Waals surface area contributed by atoms with Crippen LogP contribution in [0, 0.1) is 20.8 Å². The Bertz CT molecular complexity index is 765. The van der Waals surface area contributed by atoms with Crippen LogP contribution in [0.15, 0.2) is 24.3 Å². The quantitative estimate of drug-likeness (QED) is 0.914. The summed E-state index contributed by atoms with van der Waals surface area (Å²) in [5.74, 6) is 0. The fraction of sp³-hybridized carbons (Fsp3) is 0.474. The first-order valence-electron chi connectivity index (χ1n) is 8.76. The number of aromatic nitrogens is 2. The van der Waals surface area contributed by atoms with E-state index >= 15 is 0 Å². The Balaban J connectivity index is 1.81. The van der Waals surface area contributed by atoms with Gasteiger partial charge in [0.1, 0.15) is 0 Å². The van der Waals surface area contributed by atoms with E-state index in [1.165, 1.54) is 5.56 Å². The number of carbonyl (C=O) groups excluding carboxylic acids is 1. The summed E-state index contributed by atoms with van der Waals surface area (Å²) in [6.45, 7) is 10.6. The molecule has 0 saturated carbocycles. The molecule has 6 nitrogen and oxygen atoms in total. The molecular weight excluding hydrogens is 314 g/mol. The van der Waals surface area contributed by atoms with Gasteiger partial charge >= 0.3 is 6.03 Å². The fourth-order valence-electron chi connectivity index (χ4n) is 3.38. The van der Waals surface area contributed by atoms with Crippen LogP contribution in [-0.2, 0) is 0 Å². The van der Waals surface area contributed by atoms with Crippen molar-refractivity contribution >= 4 is 11.7 Å². The first-order chi connectivity index (χ1) is 11.9. The normalized spacial score (nSPS) is 18.4. The number of hydrogen-bond donors (Lipinski definition) is 1. The first-order valence-corrected chi connectivity index (χ1v) is 8.76. The van der Waals surface area contributed by atoms with Crippen LogP contribution in [0.1, 0.15) is 23.9 Å². The van der Waals surface area contributed by atoms with E-state index in [0.29, 0.717) is 0 Å². The van der Waals surface area contributed by atoms with Gasteiger partial charge in [-0.25, -0.2) is 9.48 Å². The second-order valence-corrected chi connectivity index (χ2v) is 7.03. The number of urea groups is 1. The SMILES string of the molecule is Cc1ccc(-n2nc(C)c(NC(=O)N3CCN(C)C[C@@H]3C)c2C)cc1. The molecule has 1 aliphatic rings. The Hall–Kier alpha value is -2.34. The molecule has 1 saturated heterocycles. The Morgan fingerprint density at radius 2 is 1.84 bits per heavy atom. The lowest BCUT2D eigenvalue weighted by Crippen LogP contribution is -2.54. The monoisotopic (exact) mass is 341 g/mol. The number of rotatable bonds is 2. The van der Waals surface area contributed by atoms with Gasteiger partial charge in [0.2, 0.25) is 0 Å². The molecule has 3 rings (SSSR count). The molecule has 1 fully saturated rings. The number of anilines is 1. The van der Waals surface area contributed by atoms with Gasteiger partial charge in [-0.2, -0.15) is 5.10 Å². The molecule has 0 radical (unpaired) electrons. The number of nitrogens with zero attached hydrogens (tertiary/aromatic N) is 4. The minimum absolute atomic E-state index is 0.0461. The lowest BCUT2D eigenvalue weighted by atomic mass is 10.2. The maximum atomic E-state index is 12.7.